The van der Waals surface area contributed by atoms with Gasteiger partial charge in [-0.3, -0.25) is 0 Å². The number of imidazole rings is 1. The summed E-state index contributed by atoms with van der Waals surface area (Å²) in [5, 5.41) is 0. The second-order valence-corrected chi connectivity index (χ2v) is 6.46. The molecule has 4 heteroatoms. The number of methoxy groups -OCH3 is 1. The third-order valence-corrected chi connectivity index (χ3v) is 4.73. The molecule has 1 N–H and O–H groups in total. The molecule has 136 valence electrons. The Morgan fingerprint density at radius 3 is 2.52 bits per heavy atom. The van der Waals surface area contributed by atoms with Gasteiger partial charge in [-0.05, 0) is 48.2 Å². The molecule has 1 aromatic heterocycles. The number of benzene rings is 3. The fourth-order valence-electron chi connectivity index (χ4n) is 3.22. The number of aromatic amines is 1. The smallest absolute Gasteiger partial charge is 0.123 e. The second-order valence-electron chi connectivity index (χ2n) is 6.46. The van der Waals surface area contributed by atoms with Gasteiger partial charge in [-0.1, -0.05) is 42.5 Å². The monoisotopic (exact) mass is 358 g/mol. The van der Waals surface area contributed by atoms with Crippen LogP contribution in [0.1, 0.15) is 16.7 Å². The predicted octanol–water partition coefficient (Wildman–Crippen LogP) is 4.94. The Morgan fingerprint density at radius 1 is 0.852 bits per heavy atom. The van der Waals surface area contributed by atoms with Crippen molar-refractivity contribution in [1.82, 2.24) is 9.97 Å². The van der Waals surface area contributed by atoms with E-state index in [2.05, 4.69) is 40.3 Å². The Hall–Kier alpha value is -3.27. The molecule has 0 aliphatic carbocycles. The molecule has 0 amide bonds. The highest BCUT2D eigenvalue weighted by atomic mass is 16.5. The number of ether oxygens (including phenoxy) is 2. The lowest BCUT2D eigenvalue weighted by Crippen LogP contribution is -2.00. The summed E-state index contributed by atoms with van der Waals surface area (Å²) >= 11 is 0. The molecule has 4 rings (SSSR count). The lowest BCUT2D eigenvalue weighted by Gasteiger charge is -2.12. The van der Waals surface area contributed by atoms with E-state index in [4.69, 9.17) is 9.47 Å². The molecular weight excluding hydrogens is 336 g/mol. The summed E-state index contributed by atoms with van der Waals surface area (Å²) < 4.78 is 11.4. The lowest BCUT2D eigenvalue weighted by atomic mass is 10.0. The molecule has 0 unspecified atom stereocenters. The molecule has 0 aliphatic rings. The van der Waals surface area contributed by atoms with Crippen LogP contribution in [-0.2, 0) is 19.4 Å². The number of rotatable bonds is 7. The van der Waals surface area contributed by atoms with Crippen molar-refractivity contribution in [2.75, 3.05) is 7.11 Å². The van der Waals surface area contributed by atoms with Gasteiger partial charge in [0.1, 0.15) is 18.1 Å². The van der Waals surface area contributed by atoms with Crippen LogP contribution in [0.15, 0.2) is 73.1 Å². The summed E-state index contributed by atoms with van der Waals surface area (Å²) in [6.07, 6.45) is 3.60. The van der Waals surface area contributed by atoms with E-state index < -0.39 is 0 Å². The van der Waals surface area contributed by atoms with Crippen LogP contribution in [0.3, 0.4) is 0 Å². The van der Waals surface area contributed by atoms with Crippen molar-refractivity contribution in [3.63, 3.8) is 0 Å². The molecule has 0 atom stereocenters. The normalized spacial score (nSPS) is 10.9. The molecule has 1 heterocycles. The van der Waals surface area contributed by atoms with Gasteiger partial charge >= 0.3 is 0 Å². The predicted molar refractivity (Wildman–Crippen MR) is 107 cm³/mol. The van der Waals surface area contributed by atoms with Gasteiger partial charge in [-0.15, -0.1) is 0 Å². The maximum Gasteiger partial charge on any atom is 0.123 e. The number of aromatic nitrogens is 2. The lowest BCUT2D eigenvalue weighted by molar-refractivity contribution is 0.304. The number of aryl methyl sites for hydroxylation is 2. The average Bonchev–Trinajstić information content (AvgIpc) is 3.21. The molecule has 0 radical (unpaired) electrons. The van der Waals surface area contributed by atoms with Crippen molar-refractivity contribution in [2.24, 2.45) is 0 Å². The van der Waals surface area contributed by atoms with Crippen LogP contribution in [0.4, 0.5) is 0 Å². The second kappa shape index (κ2) is 7.96. The number of H-pyrrole nitrogens is 1. The highest BCUT2D eigenvalue weighted by Gasteiger charge is 2.07. The maximum absolute atomic E-state index is 6.15. The van der Waals surface area contributed by atoms with Crippen LogP contribution in [-0.4, -0.2) is 17.1 Å². The van der Waals surface area contributed by atoms with E-state index in [1.165, 1.54) is 11.1 Å². The van der Waals surface area contributed by atoms with E-state index in [0.29, 0.717) is 6.61 Å². The minimum atomic E-state index is 0.502. The maximum atomic E-state index is 6.15. The summed E-state index contributed by atoms with van der Waals surface area (Å²) in [7, 11) is 1.69. The quantitative estimate of drug-likeness (QED) is 0.509. The van der Waals surface area contributed by atoms with Gasteiger partial charge in [-0.25, -0.2) is 4.98 Å². The third-order valence-electron chi connectivity index (χ3n) is 4.73. The zero-order valence-corrected chi connectivity index (χ0v) is 15.3. The number of para-hydroxylation sites is 2. The first kappa shape index (κ1) is 17.2. The summed E-state index contributed by atoms with van der Waals surface area (Å²) in [4.78, 5) is 7.54. The minimum absolute atomic E-state index is 0.502. The summed E-state index contributed by atoms with van der Waals surface area (Å²) in [6, 6.07) is 22.6. The van der Waals surface area contributed by atoms with Crippen LogP contribution >= 0.6 is 0 Å². The number of nitrogens with zero attached hydrogens (tertiary/aromatic N) is 1. The van der Waals surface area contributed by atoms with E-state index in [9.17, 15) is 0 Å². The van der Waals surface area contributed by atoms with Crippen molar-refractivity contribution in [3.05, 3.63) is 89.7 Å². The van der Waals surface area contributed by atoms with E-state index in [-0.39, 0.29) is 0 Å². The number of hydrogen-bond donors (Lipinski definition) is 1. The Kier molecular flexibility index (Phi) is 5.06. The standard InChI is InChI=1S/C23H22N2O2/c1-26-20-13-10-17(11-14-20)9-12-18-5-2-3-8-22(18)27-15-19-6-4-7-21-23(19)25-16-24-21/h2-8,10-11,13-14,16H,9,12,15H2,1H3,(H,24,25). The molecular formula is C23H22N2O2. The average molecular weight is 358 g/mol. The molecule has 0 fully saturated rings. The van der Waals surface area contributed by atoms with Gasteiger partial charge in [0.05, 0.1) is 24.5 Å². The van der Waals surface area contributed by atoms with Gasteiger partial charge in [0.2, 0.25) is 0 Å². The fraction of sp³-hybridized carbons (Fsp3) is 0.174. The van der Waals surface area contributed by atoms with Crippen LogP contribution in [0.5, 0.6) is 11.5 Å². The van der Waals surface area contributed by atoms with Crippen molar-refractivity contribution < 1.29 is 9.47 Å². The highest BCUT2D eigenvalue weighted by Crippen LogP contribution is 2.23. The zero-order chi connectivity index (χ0) is 18.5. The molecule has 0 saturated carbocycles. The van der Waals surface area contributed by atoms with Crippen molar-refractivity contribution in [1.29, 1.82) is 0 Å². The first-order chi connectivity index (χ1) is 13.3. The summed E-state index contributed by atoms with van der Waals surface area (Å²) in [6.45, 7) is 0.502. The Morgan fingerprint density at radius 2 is 1.67 bits per heavy atom. The zero-order valence-electron chi connectivity index (χ0n) is 15.3. The van der Waals surface area contributed by atoms with E-state index in [0.717, 1.165) is 40.9 Å². The molecule has 0 spiro atoms. The Balaban J connectivity index is 1.45. The van der Waals surface area contributed by atoms with Gasteiger partial charge in [0.25, 0.3) is 0 Å². The highest BCUT2D eigenvalue weighted by molar-refractivity contribution is 5.77. The summed E-state index contributed by atoms with van der Waals surface area (Å²) in [5.41, 5.74) is 5.57. The van der Waals surface area contributed by atoms with Crippen LogP contribution in [0.2, 0.25) is 0 Å². The first-order valence-corrected chi connectivity index (χ1v) is 9.08. The number of hydrogen-bond acceptors (Lipinski definition) is 3. The molecule has 0 saturated heterocycles. The molecule has 27 heavy (non-hydrogen) atoms. The largest absolute Gasteiger partial charge is 0.497 e. The molecule has 0 bridgehead atoms. The first-order valence-electron chi connectivity index (χ1n) is 9.08. The van der Waals surface area contributed by atoms with Crippen LogP contribution in [0.25, 0.3) is 11.0 Å². The summed E-state index contributed by atoms with van der Waals surface area (Å²) in [5.74, 6) is 1.81. The SMILES string of the molecule is COc1ccc(CCc2ccccc2OCc2cccc3[nH]cnc23)cc1. The van der Waals surface area contributed by atoms with Gasteiger partial charge in [0.15, 0.2) is 0 Å². The van der Waals surface area contributed by atoms with E-state index >= 15 is 0 Å². The van der Waals surface area contributed by atoms with Crippen molar-refractivity contribution >= 4 is 11.0 Å². The van der Waals surface area contributed by atoms with Crippen molar-refractivity contribution in [3.8, 4) is 11.5 Å². The van der Waals surface area contributed by atoms with Gasteiger partial charge in [0, 0.05) is 5.56 Å². The van der Waals surface area contributed by atoms with Crippen LogP contribution in [0, 0.1) is 0 Å². The number of nitrogens with one attached hydrogen (secondary N) is 1. The fourth-order valence-corrected chi connectivity index (χ4v) is 3.22. The van der Waals surface area contributed by atoms with Gasteiger partial charge in [-0.2, -0.15) is 0 Å². The molecule has 4 aromatic rings. The van der Waals surface area contributed by atoms with Crippen LogP contribution < -0.4 is 9.47 Å². The van der Waals surface area contributed by atoms with E-state index in [1.54, 1.807) is 13.4 Å². The van der Waals surface area contributed by atoms with Gasteiger partial charge < -0.3 is 14.5 Å². The Labute approximate surface area is 158 Å². The molecule has 0 aliphatic heterocycles. The Bertz CT molecular complexity index is 1020. The molecule has 3 aromatic carbocycles. The topological polar surface area (TPSA) is 47.1 Å². The van der Waals surface area contributed by atoms with E-state index in [1.807, 2.05) is 36.4 Å². The number of fused-ring (bicyclic) bond motifs is 1. The third kappa shape index (κ3) is 3.95. The molecule has 4 nitrogen and oxygen atoms in total. The minimum Gasteiger partial charge on any atom is -0.497 e. The van der Waals surface area contributed by atoms with Crippen molar-refractivity contribution in [2.45, 2.75) is 19.4 Å².